The average molecular weight is 459 g/mol. The lowest BCUT2D eigenvalue weighted by atomic mass is 9.99. The topological polar surface area (TPSA) is 91.5 Å². The van der Waals surface area contributed by atoms with Gasteiger partial charge in [0.1, 0.15) is 5.15 Å². The van der Waals surface area contributed by atoms with Gasteiger partial charge in [-0.15, -0.1) is 0 Å². The molecule has 2 N–H and O–H groups in total. The predicted octanol–water partition coefficient (Wildman–Crippen LogP) is 4.43. The highest BCUT2D eigenvalue weighted by Crippen LogP contribution is 2.57. The van der Waals surface area contributed by atoms with Crippen molar-refractivity contribution in [2.24, 2.45) is 5.92 Å². The average Bonchev–Trinajstić information content (AvgIpc) is 3.41. The van der Waals surface area contributed by atoms with E-state index in [1.807, 2.05) is 17.0 Å². The van der Waals surface area contributed by atoms with Crippen LogP contribution in [-0.2, 0) is 23.3 Å². The molecule has 0 bridgehead atoms. The Bertz CT molecular complexity index is 1210. The number of carbonyl (C=O) groups is 1. The Labute approximate surface area is 186 Å². The van der Waals surface area contributed by atoms with Crippen molar-refractivity contribution in [2.75, 3.05) is 16.4 Å². The van der Waals surface area contributed by atoms with E-state index in [-0.39, 0.29) is 11.3 Å². The summed E-state index contributed by atoms with van der Waals surface area (Å²) in [5.74, 6) is 1.44. The molecule has 3 aliphatic rings. The molecule has 2 aliphatic heterocycles. The fourth-order valence-corrected chi connectivity index (χ4v) is 7.10. The normalized spacial score (nSPS) is 22.0. The molecule has 0 unspecified atom stereocenters. The second-order valence-corrected chi connectivity index (χ2v) is 11.7. The number of nitrogens with zero attached hydrogens (tertiary/aromatic N) is 4. The smallest absolute Gasteiger partial charge is 0.238 e. The van der Waals surface area contributed by atoms with Gasteiger partial charge < -0.3 is 9.47 Å². The van der Waals surface area contributed by atoms with Crippen LogP contribution in [0.15, 0.2) is 36.8 Å². The molecule has 7 nitrogen and oxygen atoms in total. The molecule has 0 radical (unpaired) electrons. The second-order valence-electron chi connectivity index (χ2n) is 9.01. The van der Waals surface area contributed by atoms with E-state index in [1.54, 1.807) is 18.6 Å². The lowest BCUT2D eigenvalue weighted by Crippen LogP contribution is -2.34. The fourth-order valence-electron chi connectivity index (χ4n) is 5.19. The van der Waals surface area contributed by atoms with Crippen LogP contribution in [0.25, 0.3) is 10.9 Å². The zero-order chi connectivity index (χ0) is 21.4. The van der Waals surface area contributed by atoms with E-state index >= 15 is 0 Å². The number of pyridine rings is 2. The molecular weight excluding hydrogens is 436 g/mol. The van der Waals surface area contributed by atoms with Crippen LogP contribution < -0.4 is 4.90 Å². The van der Waals surface area contributed by atoms with Gasteiger partial charge in [0.25, 0.3) is 0 Å². The molecule has 1 saturated heterocycles. The number of aromatic nitrogens is 3. The van der Waals surface area contributed by atoms with E-state index in [1.165, 1.54) is 0 Å². The van der Waals surface area contributed by atoms with Gasteiger partial charge in [0.2, 0.25) is 5.91 Å². The minimum absolute atomic E-state index is 0.163. The molecule has 0 aromatic carbocycles. The van der Waals surface area contributed by atoms with Crippen molar-refractivity contribution in [2.45, 2.75) is 37.8 Å². The van der Waals surface area contributed by atoms with Crippen molar-refractivity contribution in [3.63, 3.8) is 0 Å². The third kappa shape index (κ3) is 3.08. The third-order valence-corrected chi connectivity index (χ3v) is 9.15. The van der Waals surface area contributed by atoms with Gasteiger partial charge in [-0.25, -0.2) is 4.98 Å². The maximum absolute atomic E-state index is 13.3. The zero-order valence-corrected chi connectivity index (χ0v) is 18.4. The number of hydrogen-bond acceptors (Lipinski definition) is 5. The van der Waals surface area contributed by atoms with Crippen molar-refractivity contribution in [1.29, 1.82) is 0 Å². The first kappa shape index (κ1) is 19.5. The van der Waals surface area contributed by atoms with Crippen LogP contribution in [0.1, 0.15) is 30.5 Å². The molecule has 1 aliphatic carbocycles. The van der Waals surface area contributed by atoms with Gasteiger partial charge in [-0.3, -0.25) is 18.9 Å². The van der Waals surface area contributed by atoms with Crippen LogP contribution in [0.2, 0.25) is 5.15 Å². The number of hydrogen-bond donors (Lipinski definition) is 2. The molecule has 31 heavy (non-hydrogen) atoms. The van der Waals surface area contributed by atoms with E-state index in [0.29, 0.717) is 29.1 Å². The van der Waals surface area contributed by atoms with Gasteiger partial charge in [0.15, 0.2) is 0 Å². The molecule has 1 saturated carbocycles. The first-order valence-corrected chi connectivity index (χ1v) is 12.8. The molecule has 3 aromatic heterocycles. The number of carbonyl (C=O) groups excluding carboxylic acids is 1. The predicted molar refractivity (Wildman–Crippen MR) is 122 cm³/mol. The minimum Gasteiger partial charge on any atom is -0.342 e. The van der Waals surface area contributed by atoms with E-state index in [2.05, 4.69) is 20.6 Å². The lowest BCUT2D eigenvalue weighted by molar-refractivity contribution is -0.120. The lowest BCUT2D eigenvalue weighted by Gasteiger charge is -2.47. The number of halogens is 1. The summed E-state index contributed by atoms with van der Waals surface area (Å²) in [5, 5.41) is 1.43. The Kier molecular flexibility index (Phi) is 4.21. The molecule has 9 heteroatoms. The summed E-state index contributed by atoms with van der Waals surface area (Å²) in [4.78, 5) is 23.7. The number of anilines is 1. The van der Waals surface area contributed by atoms with Crippen molar-refractivity contribution in [3.05, 3.63) is 53.2 Å². The van der Waals surface area contributed by atoms with Gasteiger partial charge in [-0.2, -0.15) is 10.6 Å². The summed E-state index contributed by atoms with van der Waals surface area (Å²) in [6.07, 6.45) is 7.99. The van der Waals surface area contributed by atoms with Crippen molar-refractivity contribution < 1.29 is 13.9 Å². The first-order valence-electron chi connectivity index (χ1n) is 10.5. The Balaban J connectivity index is 1.34. The number of aryl methyl sites for hydroxylation is 1. The summed E-state index contributed by atoms with van der Waals surface area (Å²) in [7, 11) is -2.34. The molecule has 2 fully saturated rings. The quantitative estimate of drug-likeness (QED) is 0.552. The first-order chi connectivity index (χ1) is 14.9. The van der Waals surface area contributed by atoms with Crippen LogP contribution in [0.5, 0.6) is 0 Å². The Morgan fingerprint density at radius 1 is 1.23 bits per heavy atom. The Hall–Kier alpha value is -2.13. The second kappa shape index (κ2) is 6.68. The van der Waals surface area contributed by atoms with E-state index in [9.17, 15) is 13.9 Å². The standard InChI is InChI=1S/C22H23ClN4O3S/c23-20-8-15-7-16(26(18(15)10-25-20)6-2-14-12-31(29,30)13-14)11-27-19-9-24-5-1-17(19)22(3-4-22)21(27)28/h1,5,7-10,14,29-30H,2-4,6,11-13H2. The van der Waals surface area contributed by atoms with Crippen LogP contribution >= 0.6 is 22.2 Å². The van der Waals surface area contributed by atoms with Crippen molar-refractivity contribution in [1.82, 2.24) is 14.5 Å². The third-order valence-electron chi connectivity index (χ3n) is 6.94. The largest absolute Gasteiger partial charge is 0.342 e. The van der Waals surface area contributed by atoms with E-state index in [4.69, 9.17) is 11.6 Å². The SMILES string of the molecule is O=C1N(Cc2cc3cc(Cl)ncc3n2CCC2CS(O)(O)C2)c2cnccc2C12CC2. The number of amides is 1. The van der Waals surface area contributed by atoms with E-state index in [0.717, 1.165) is 53.7 Å². The molecule has 0 atom stereocenters. The molecular formula is C22H23ClN4O3S. The molecule has 1 spiro atoms. The number of fused-ring (bicyclic) bond motifs is 3. The Morgan fingerprint density at radius 3 is 2.77 bits per heavy atom. The highest BCUT2D eigenvalue weighted by Gasteiger charge is 2.59. The van der Waals surface area contributed by atoms with Gasteiger partial charge in [0.05, 0.1) is 35.6 Å². The maximum atomic E-state index is 13.3. The minimum atomic E-state index is -2.34. The molecule has 3 aromatic rings. The molecule has 5 heterocycles. The van der Waals surface area contributed by atoms with Crippen LogP contribution in [0, 0.1) is 5.92 Å². The monoisotopic (exact) mass is 458 g/mol. The van der Waals surface area contributed by atoms with Gasteiger partial charge in [-0.05, 0) is 48.9 Å². The fraction of sp³-hybridized carbons (Fsp3) is 0.409. The molecule has 6 rings (SSSR count). The maximum Gasteiger partial charge on any atom is 0.238 e. The Morgan fingerprint density at radius 2 is 2.03 bits per heavy atom. The summed E-state index contributed by atoms with van der Waals surface area (Å²) in [5.41, 5.74) is 3.65. The van der Waals surface area contributed by atoms with Gasteiger partial charge in [-0.1, -0.05) is 11.6 Å². The highest BCUT2D eigenvalue weighted by atomic mass is 35.5. The molecule has 162 valence electrons. The van der Waals surface area contributed by atoms with Crippen LogP contribution in [0.3, 0.4) is 0 Å². The van der Waals surface area contributed by atoms with Crippen LogP contribution in [-0.4, -0.2) is 41.1 Å². The van der Waals surface area contributed by atoms with Crippen LogP contribution in [0.4, 0.5) is 5.69 Å². The number of rotatable bonds is 5. The van der Waals surface area contributed by atoms with E-state index < -0.39 is 10.6 Å². The van der Waals surface area contributed by atoms with Gasteiger partial charge >= 0.3 is 0 Å². The zero-order valence-electron chi connectivity index (χ0n) is 16.9. The van der Waals surface area contributed by atoms with Gasteiger partial charge in [0, 0.05) is 35.3 Å². The summed E-state index contributed by atoms with van der Waals surface area (Å²) < 4.78 is 21.6. The van der Waals surface area contributed by atoms with Crippen molar-refractivity contribution in [3.8, 4) is 0 Å². The van der Waals surface area contributed by atoms with Crippen molar-refractivity contribution >= 4 is 44.7 Å². The summed E-state index contributed by atoms with van der Waals surface area (Å²) in [6, 6.07) is 5.91. The highest BCUT2D eigenvalue weighted by molar-refractivity contribution is 8.25. The molecule has 1 amide bonds. The summed E-state index contributed by atoms with van der Waals surface area (Å²) >= 11 is 6.13. The summed E-state index contributed by atoms with van der Waals surface area (Å²) in [6.45, 7) is 1.20.